The molecular weight excluding hydrogens is 436 g/mol. The second-order valence-corrected chi connectivity index (χ2v) is 8.10. The van der Waals surface area contributed by atoms with E-state index in [1.165, 1.54) is 23.3 Å². The molecule has 6 nitrogen and oxygen atoms in total. The summed E-state index contributed by atoms with van der Waals surface area (Å²) in [6.45, 7) is 0.158. The van der Waals surface area contributed by atoms with Gasteiger partial charge in [-0.2, -0.15) is 0 Å². The molecule has 0 unspecified atom stereocenters. The van der Waals surface area contributed by atoms with Gasteiger partial charge in [-0.05, 0) is 47.3 Å². The van der Waals surface area contributed by atoms with Crippen molar-refractivity contribution in [2.24, 2.45) is 0 Å². The highest BCUT2D eigenvalue weighted by Crippen LogP contribution is 2.35. The average Bonchev–Trinajstić information content (AvgIpc) is 3.38. The summed E-state index contributed by atoms with van der Waals surface area (Å²) in [5.41, 5.74) is 1.98. The first-order valence-corrected chi connectivity index (χ1v) is 10.7. The molecule has 158 valence electrons. The number of carbonyl (C=O) groups excluding carboxylic acids is 2. The number of nitrogens with one attached hydrogen (secondary N) is 1. The van der Waals surface area contributed by atoms with Crippen molar-refractivity contribution in [1.29, 1.82) is 0 Å². The summed E-state index contributed by atoms with van der Waals surface area (Å²) in [5, 5.41) is 5.37. The molecule has 0 spiro atoms. The zero-order chi connectivity index (χ0) is 22.0. The Bertz CT molecular complexity index is 1160. The lowest BCUT2D eigenvalue weighted by Gasteiger charge is -2.16. The first-order chi connectivity index (χ1) is 15.0. The number of thiophene rings is 1. The van der Waals surface area contributed by atoms with Crippen LogP contribution in [0.15, 0.2) is 65.7 Å². The van der Waals surface area contributed by atoms with Crippen LogP contribution in [0.1, 0.15) is 10.4 Å². The first-order valence-electron chi connectivity index (χ1n) is 9.39. The number of amides is 2. The fourth-order valence-corrected chi connectivity index (χ4v) is 4.31. The Morgan fingerprint density at radius 3 is 2.39 bits per heavy atom. The van der Waals surface area contributed by atoms with E-state index in [0.717, 1.165) is 10.4 Å². The van der Waals surface area contributed by atoms with Crippen molar-refractivity contribution in [3.63, 3.8) is 0 Å². The lowest BCUT2D eigenvalue weighted by Crippen LogP contribution is -2.31. The number of hydrogen-bond acceptors (Lipinski definition) is 6. The first kappa shape index (κ1) is 21.0. The number of nitrogens with zero attached hydrogens (tertiary/aromatic N) is 1. The van der Waals surface area contributed by atoms with Crippen LogP contribution in [0.2, 0.25) is 5.02 Å². The van der Waals surface area contributed by atoms with Crippen LogP contribution in [0.25, 0.3) is 5.57 Å². The van der Waals surface area contributed by atoms with E-state index in [1.807, 2.05) is 29.6 Å². The predicted molar refractivity (Wildman–Crippen MR) is 121 cm³/mol. The molecule has 0 bridgehead atoms. The van der Waals surface area contributed by atoms with Crippen molar-refractivity contribution in [2.75, 3.05) is 19.5 Å². The molecule has 1 aliphatic heterocycles. The summed E-state index contributed by atoms with van der Waals surface area (Å²) in [7, 11) is 3.12. The standard InChI is InChI=1S/C23H19ClN2O4S/c1-29-16-8-5-14(6-9-16)13-26-22(27)20(19-4-3-11-31-19)21(23(26)28)25-15-7-10-18(30-2)17(24)12-15/h3-12,25H,13H2,1-2H3. The third kappa shape index (κ3) is 4.15. The van der Waals surface area contributed by atoms with Gasteiger partial charge in [-0.25, -0.2) is 0 Å². The molecule has 2 amide bonds. The Balaban J connectivity index is 1.67. The molecular formula is C23H19ClN2O4S. The molecule has 0 saturated carbocycles. The highest BCUT2D eigenvalue weighted by atomic mass is 35.5. The van der Waals surface area contributed by atoms with E-state index in [-0.39, 0.29) is 18.1 Å². The summed E-state index contributed by atoms with van der Waals surface area (Å²) in [6.07, 6.45) is 0. The number of ether oxygens (including phenoxy) is 2. The smallest absolute Gasteiger partial charge is 0.278 e. The largest absolute Gasteiger partial charge is 0.497 e. The summed E-state index contributed by atoms with van der Waals surface area (Å²) < 4.78 is 10.4. The highest BCUT2D eigenvalue weighted by molar-refractivity contribution is 7.11. The molecule has 8 heteroatoms. The zero-order valence-corrected chi connectivity index (χ0v) is 18.4. The average molecular weight is 455 g/mol. The quantitative estimate of drug-likeness (QED) is 0.519. The number of anilines is 1. The fourth-order valence-electron chi connectivity index (χ4n) is 3.29. The van der Waals surface area contributed by atoms with E-state index in [1.54, 1.807) is 37.4 Å². The Kier molecular flexibility index (Phi) is 5.97. The van der Waals surface area contributed by atoms with Gasteiger partial charge in [0.2, 0.25) is 0 Å². The second kappa shape index (κ2) is 8.83. The van der Waals surface area contributed by atoms with Crippen LogP contribution >= 0.6 is 22.9 Å². The number of halogens is 1. The van der Waals surface area contributed by atoms with Crippen molar-refractivity contribution in [2.45, 2.75) is 6.54 Å². The van der Waals surface area contributed by atoms with Crippen molar-refractivity contribution < 1.29 is 19.1 Å². The van der Waals surface area contributed by atoms with Gasteiger partial charge >= 0.3 is 0 Å². The van der Waals surface area contributed by atoms with Gasteiger partial charge in [-0.3, -0.25) is 14.5 Å². The van der Waals surface area contributed by atoms with Crippen LogP contribution in [-0.2, 0) is 16.1 Å². The molecule has 1 N–H and O–H groups in total. The predicted octanol–water partition coefficient (Wildman–Crippen LogP) is 4.81. The van der Waals surface area contributed by atoms with Gasteiger partial charge in [-0.15, -0.1) is 11.3 Å². The van der Waals surface area contributed by atoms with Crippen LogP contribution in [0.4, 0.5) is 5.69 Å². The molecule has 0 fully saturated rings. The van der Waals surface area contributed by atoms with Gasteiger partial charge in [0.1, 0.15) is 17.2 Å². The van der Waals surface area contributed by atoms with Gasteiger partial charge < -0.3 is 14.8 Å². The van der Waals surface area contributed by atoms with Gasteiger partial charge in [-0.1, -0.05) is 29.8 Å². The van der Waals surface area contributed by atoms with E-state index < -0.39 is 5.91 Å². The molecule has 0 atom stereocenters. The van der Waals surface area contributed by atoms with Gasteiger partial charge in [0.05, 0.1) is 31.4 Å². The van der Waals surface area contributed by atoms with E-state index in [4.69, 9.17) is 21.1 Å². The molecule has 0 saturated heterocycles. The molecule has 0 aliphatic carbocycles. The van der Waals surface area contributed by atoms with Crippen LogP contribution < -0.4 is 14.8 Å². The van der Waals surface area contributed by atoms with Gasteiger partial charge in [0.15, 0.2) is 0 Å². The summed E-state index contributed by atoms with van der Waals surface area (Å²) >= 11 is 7.63. The number of methoxy groups -OCH3 is 2. The number of imide groups is 1. The maximum atomic E-state index is 13.3. The minimum absolute atomic E-state index is 0.158. The zero-order valence-electron chi connectivity index (χ0n) is 16.8. The summed E-state index contributed by atoms with van der Waals surface area (Å²) in [5.74, 6) is 0.495. The number of carbonyl (C=O) groups is 2. The topological polar surface area (TPSA) is 67.9 Å². The second-order valence-electron chi connectivity index (χ2n) is 6.75. The van der Waals surface area contributed by atoms with E-state index in [0.29, 0.717) is 27.8 Å². The monoisotopic (exact) mass is 454 g/mol. The summed E-state index contributed by atoms with van der Waals surface area (Å²) in [6, 6.07) is 16.0. The van der Waals surface area contributed by atoms with Crippen LogP contribution in [-0.4, -0.2) is 30.9 Å². The van der Waals surface area contributed by atoms with Crippen molar-refractivity contribution in [1.82, 2.24) is 4.90 Å². The van der Waals surface area contributed by atoms with Gasteiger partial charge in [0, 0.05) is 10.6 Å². The molecule has 2 aromatic carbocycles. The van der Waals surface area contributed by atoms with Crippen molar-refractivity contribution >= 4 is 46.0 Å². The molecule has 1 aliphatic rings. The highest BCUT2D eigenvalue weighted by Gasteiger charge is 2.39. The summed E-state index contributed by atoms with van der Waals surface area (Å²) in [4.78, 5) is 28.5. The number of hydrogen-bond donors (Lipinski definition) is 1. The van der Waals surface area contributed by atoms with E-state index >= 15 is 0 Å². The Morgan fingerprint density at radius 1 is 1.00 bits per heavy atom. The molecule has 2 heterocycles. The van der Waals surface area contributed by atoms with Gasteiger partial charge in [0.25, 0.3) is 11.8 Å². The molecule has 31 heavy (non-hydrogen) atoms. The van der Waals surface area contributed by atoms with Crippen LogP contribution in [0, 0.1) is 0 Å². The lowest BCUT2D eigenvalue weighted by molar-refractivity contribution is -0.137. The minimum atomic E-state index is -0.392. The Hall–Kier alpha value is -3.29. The number of benzene rings is 2. The van der Waals surface area contributed by atoms with E-state index in [2.05, 4.69) is 5.32 Å². The third-order valence-electron chi connectivity index (χ3n) is 4.86. The Morgan fingerprint density at radius 2 is 1.77 bits per heavy atom. The minimum Gasteiger partial charge on any atom is -0.497 e. The molecule has 1 aromatic heterocycles. The third-order valence-corrected chi connectivity index (χ3v) is 6.04. The van der Waals surface area contributed by atoms with E-state index in [9.17, 15) is 9.59 Å². The molecule has 3 aromatic rings. The fraction of sp³-hybridized carbons (Fsp3) is 0.130. The Labute approximate surface area is 188 Å². The molecule has 0 radical (unpaired) electrons. The van der Waals surface area contributed by atoms with Crippen molar-refractivity contribution in [3.05, 3.63) is 81.1 Å². The maximum Gasteiger partial charge on any atom is 0.278 e. The van der Waals surface area contributed by atoms with Crippen LogP contribution in [0.3, 0.4) is 0 Å². The van der Waals surface area contributed by atoms with Crippen molar-refractivity contribution in [3.8, 4) is 11.5 Å². The van der Waals surface area contributed by atoms with Crippen LogP contribution in [0.5, 0.6) is 11.5 Å². The SMILES string of the molecule is COc1ccc(CN2C(=O)C(Nc3ccc(OC)c(Cl)c3)=C(c3cccs3)C2=O)cc1. The molecule has 4 rings (SSSR count). The maximum absolute atomic E-state index is 13.3. The normalized spacial score (nSPS) is 13.7. The number of rotatable bonds is 7. The lowest BCUT2D eigenvalue weighted by atomic mass is 10.1.